The summed E-state index contributed by atoms with van der Waals surface area (Å²) in [5, 5.41) is 6.59. The summed E-state index contributed by atoms with van der Waals surface area (Å²) < 4.78 is 2.06. The third kappa shape index (κ3) is 4.17. The van der Waals surface area contributed by atoms with Crippen molar-refractivity contribution < 1.29 is 0 Å². The van der Waals surface area contributed by atoms with Gasteiger partial charge in [0.05, 0.1) is 6.33 Å². The molecule has 4 aromatic rings. The van der Waals surface area contributed by atoms with Crippen molar-refractivity contribution in [3.05, 3.63) is 96.6 Å². The van der Waals surface area contributed by atoms with E-state index in [0.717, 1.165) is 13.0 Å². The second-order valence-corrected chi connectivity index (χ2v) is 8.46. The van der Waals surface area contributed by atoms with Crippen LogP contribution in [0.2, 0.25) is 0 Å². The van der Waals surface area contributed by atoms with Crippen molar-refractivity contribution in [1.82, 2.24) is 14.9 Å². The molecule has 1 heterocycles. The monoisotopic (exact) mass is 395 g/mol. The number of nitrogens with zero attached hydrogens (tertiary/aromatic N) is 2. The topological polar surface area (TPSA) is 29.9 Å². The Morgan fingerprint density at radius 1 is 0.933 bits per heavy atom. The van der Waals surface area contributed by atoms with Gasteiger partial charge in [-0.2, -0.15) is 0 Å². The minimum atomic E-state index is 0.618. The molecule has 152 valence electrons. The standard InChI is InChI=1S/C27H29N3/c1-2-10-27-22(5-1)6-3-7-23(27)15-16-29-25-9-4-8-24(19-25)21-11-13-26(14-12-21)30-18-17-28-20-30/h1-3,5-7,10-14,17-18,20,24-25,29H,4,8-9,15-16,19H2. The molecule has 2 unspecified atom stereocenters. The predicted octanol–water partition coefficient (Wildman–Crippen LogP) is 5.88. The van der Waals surface area contributed by atoms with Gasteiger partial charge in [-0.05, 0) is 72.2 Å². The van der Waals surface area contributed by atoms with E-state index in [-0.39, 0.29) is 0 Å². The van der Waals surface area contributed by atoms with Crippen molar-refractivity contribution in [2.75, 3.05) is 6.54 Å². The van der Waals surface area contributed by atoms with Gasteiger partial charge in [-0.3, -0.25) is 0 Å². The minimum Gasteiger partial charge on any atom is -0.314 e. The Morgan fingerprint density at radius 3 is 2.67 bits per heavy atom. The quantitative estimate of drug-likeness (QED) is 0.441. The fourth-order valence-corrected chi connectivity index (χ4v) is 4.93. The number of benzene rings is 3. The molecule has 3 heteroatoms. The first-order valence-corrected chi connectivity index (χ1v) is 11.1. The molecule has 0 saturated heterocycles. The summed E-state index contributed by atoms with van der Waals surface area (Å²) in [5.41, 5.74) is 4.10. The van der Waals surface area contributed by atoms with E-state index in [1.807, 2.05) is 18.7 Å². The van der Waals surface area contributed by atoms with E-state index in [0.29, 0.717) is 12.0 Å². The lowest BCUT2D eigenvalue weighted by molar-refractivity contribution is 0.341. The van der Waals surface area contributed by atoms with Crippen LogP contribution in [0.15, 0.2) is 85.5 Å². The van der Waals surface area contributed by atoms with E-state index in [1.165, 1.54) is 53.3 Å². The Labute approximate surface area is 178 Å². The highest BCUT2D eigenvalue weighted by Gasteiger charge is 2.22. The highest BCUT2D eigenvalue weighted by atomic mass is 15.0. The van der Waals surface area contributed by atoms with Crippen LogP contribution in [-0.2, 0) is 6.42 Å². The summed E-state index contributed by atoms with van der Waals surface area (Å²) >= 11 is 0. The van der Waals surface area contributed by atoms with E-state index in [4.69, 9.17) is 0 Å². The average molecular weight is 396 g/mol. The van der Waals surface area contributed by atoms with Crippen molar-refractivity contribution in [3.8, 4) is 5.69 Å². The van der Waals surface area contributed by atoms with Crippen LogP contribution in [0.4, 0.5) is 0 Å². The van der Waals surface area contributed by atoms with Crippen LogP contribution in [0.1, 0.15) is 42.7 Å². The molecule has 0 aliphatic heterocycles. The maximum atomic E-state index is 4.14. The molecule has 3 nitrogen and oxygen atoms in total. The molecule has 2 atom stereocenters. The van der Waals surface area contributed by atoms with Crippen LogP contribution in [0.3, 0.4) is 0 Å². The number of aromatic nitrogens is 2. The first-order chi connectivity index (χ1) is 14.9. The molecule has 1 aliphatic rings. The van der Waals surface area contributed by atoms with E-state index >= 15 is 0 Å². The summed E-state index contributed by atoms with van der Waals surface area (Å²) in [5.74, 6) is 0.658. The SMILES string of the molecule is c1ccc2c(CCNC3CCCC(c4ccc(-n5ccnc5)cc4)C3)cccc2c1. The highest BCUT2D eigenvalue weighted by Crippen LogP contribution is 2.33. The fourth-order valence-electron chi connectivity index (χ4n) is 4.93. The van der Waals surface area contributed by atoms with Crippen molar-refractivity contribution in [1.29, 1.82) is 0 Å². The Balaban J connectivity index is 1.18. The molecule has 1 aromatic heterocycles. The van der Waals surface area contributed by atoms with Crippen molar-refractivity contribution in [2.24, 2.45) is 0 Å². The maximum Gasteiger partial charge on any atom is 0.0991 e. The molecule has 1 N–H and O–H groups in total. The highest BCUT2D eigenvalue weighted by molar-refractivity contribution is 5.85. The van der Waals surface area contributed by atoms with Gasteiger partial charge in [0.1, 0.15) is 0 Å². The molecule has 1 aliphatic carbocycles. The smallest absolute Gasteiger partial charge is 0.0991 e. The van der Waals surface area contributed by atoms with Crippen LogP contribution in [0.25, 0.3) is 16.5 Å². The molecule has 0 bridgehead atoms. The van der Waals surface area contributed by atoms with Crippen LogP contribution >= 0.6 is 0 Å². The summed E-state index contributed by atoms with van der Waals surface area (Å²) in [7, 11) is 0. The molecule has 30 heavy (non-hydrogen) atoms. The molecular formula is C27H29N3. The molecular weight excluding hydrogens is 366 g/mol. The summed E-state index contributed by atoms with van der Waals surface area (Å²) in [4.78, 5) is 4.14. The molecule has 0 amide bonds. The van der Waals surface area contributed by atoms with Gasteiger partial charge in [-0.15, -0.1) is 0 Å². The molecule has 0 radical (unpaired) electrons. The van der Waals surface area contributed by atoms with Gasteiger partial charge < -0.3 is 9.88 Å². The lowest BCUT2D eigenvalue weighted by Crippen LogP contribution is -2.34. The lowest BCUT2D eigenvalue weighted by atomic mass is 9.81. The zero-order valence-corrected chi connectivity index (χ0v) is 17.4. The van der Waals surface area contributed by atoms with Gasteiger partial charge >= 0.3 is 0 Å². The Morgan fingerprint density at radius 2 is 1.80 bits per heavy atom. The number of fused-ring (bicyclic) bond motifs is 1. The second-order valence-electron chi connectivity index (χ2n) is 8.46. The van der Waals surface area contributed by atoms with E-state index in [9.17, 15) is 0 Å². The van der Waals surface area contributed by atoms with Gasteiger partial charge in [0.25, 0.3) is 0 Å². The number of hydrogen-bond acceptors (Lipinski definition) is 2. The first-order valence-electron chi connectivity index (χ1n) is 11.1. The second kappa shape index (κ2) is 8.85. The Bertz CT molecular complexity index is 1080. The lowest BCUT2D eigenvalue weighted by Gasteiger charge is -2.30. The third-order valence-electron chi connectivity index (χ3n) is 6.55. The normalized spacial score (nSPS) is 19.2. The van der Waals surface area contributed by atoms with Gasteiger partial charge in [0.2, 0.25) is 0 Å². The predicted molar refractivity (Wildman–Crippen MR) is 124 cm³/mol. The third-order valence-corrected chi connectivity index (χ3v) is 6.55. The average Bonchev–Trinajstić information content (AvgIpc) is 3.35. The van der Waals surface area contributed by atoms with Crippen LogP contribution < -0.4 is 5.32 Å². The van der Waals surface area contributed by atoms with E-state index in [1.54, 1.807) is 0 Å². The van der Waals surface area contributed by atoms with Gasteiger partial charge in [-0.25, -0.2) is 4.98 Å². The van der Waals surface area contributed by atoms with E-state index < -0.39 is 0 Å². The van der Waals surface area contributed by atoms with Crippen molar-refractivity contribution in [2.45, 2.75) is 44.1 Å². The molecule has 1 fully saturated rings. The van der Waals surface area contributed by atoms with Crippen LogP contribution in [0.5, 0.6) is 0 Å². The summed E-state index contributed by atoms with van der Waals surface area (Å²) in [6.07, 6.45) is 11.9. The molecule has 0 spiro atoms. The molecule has 3 aromatic carbocycles. The van der Waals surface area contributed by atoms with Gasteiger partial charge in [0.15, 0.2) is 0 Å². The zero-order chi connectivity index (χ0) is 20.2. The minimum absolute atomic E-state index is 0.618. The largest absolute Gasteiger partial charge is 0.314 e. The fraction of sp³-hybridized carbons (Fsp3) is 0.296. The zero-order valence-electron chi connectivity index (χ0n) is 17.4. The van der Waals surface area contributed by atoms with Crippen LogP contribution in [0, 0.1) is 0 Å². The first kappa shape index (κ1) is 19.1. The van der Waals surface area contributed by atoms with Crippen molar-refractivity contribution in [3.63, 3.8) is 0 Å². The molecule has 5 rings (SSSR count). The van der Waals surface area contributed by atoms with Gasteiger partial charge in [0, 0.05) is 24.1 Å². The maximum absolute atomic E-state index is 4.14. The van der Waals surface area contributed by atoms with Crippen molar-refractivity contribution >= 4 is 10.8 Å². The Hall–Kier alpha value is -2.91. The summed E-state index contributed by atoms with van der Waals surface area (Å²) in [6.45, 7) is 1.05. The number of nitrogens with one attached hydrogen (secondary N) is 1. The number of rotatable bonds is 6. The summed E-state index contributed by atoms with van der Waals surface area (Å²) in [6, 6.07) is 25.0. The number of hydrogen-bond donors (Lipinski definition) is 1. The van der Waals surface area contributed by atoms with Crippen LogP contribution in [-0.4, -0.2) is 22.1 Å². The Kier molecular flexibility index (Phi) is 5.62. The number of imidazole rings is 1. The van der Waals surface area contributed by atoms with Gasteiger partial charge in [-0.1, -0.05) is 61.0 Å². The molecule has 1 saturated carbocycles. The van der Waals surface area contributed by atoms with E-state index in [2.05, 4.69) is 81.6 Å².